The quantitative estimate of drug-likeness (QED) is 0.437. The number of nitrogens with two attached hydrogens (primary N) is 1. The number of carbonyl (C=O) groups excluding carboxylic acids is 1. The molecule has 29 heavy (non-hydrogen) atoms. The fourth-order valence-corrected chi connectivity index (χ4v) is 3.74. The molecular weight excluding hydrogens is 366 g/mol. The average molecular weight is 385 g/mol. The van der Waals surface area contributed by atoms with Gasteiger partial charge in [-0.2, -0.15) is 15.3 Å². The second-order valence-corrected chi connectivity index (χ2v) is 7.31. The topological polar surface area (TPSA) is 118 Å². The van der Waals surface area contributed by atoms with Gasteiger partial charge in [-0.1, -0.05) is 12.1 Å². The van der Waals surface area contributed by atoms with Crippen molar-refractivity contribution in [1.82, 2.24) is 30.2 Å². The SMILES string of the molecule is CC(C)n1nc(-c2cc(-c3cccc4[nH]ncc34)cc3[nH]ncc23)cc1C(N)=O. The van der Waals surface area contributed by atoms with E-state index in [0.717, 1.165) is 38.5 Å². The maximum atomic E-state index is 11.9. The Morgan fingerprint density at radius 1 is 1.00 bits per heavy atom. The molecule has 5 aromatic rings. The molecule has 0 aliphatic carbocycles. The Morgan fingerprint density at radius 2 is 1.72 bits per heavy atom. The van der Waals surface area contributed by atoms with Crippen LogP contribution in [-0.4, -0.2) is 36.1 Å². The molecule has 0 spiro atoms. The summed E-state index contributed by atoms with van der Waals surface area (Å²) in [4.78, 5) is 11.9. The van der Waals surface area contributed by atoms with Gasteiger partial charge in [-0.05, 0) is 49.2 Å². The normalized spacial score (nSPS) is 11.7. The third-order valence-electron chi connectivity index (χ3n) is 5.11. The molecule has 144 valence electrons. The van der Waals surface area contributed by atoms with Crippen molar-refractivity contribution in [1.29, 1.82) is 0 Å². The lowest BCUT2D eigenvalue weighted by atomic mass is 9.96. The van der Waals surface area contributed by atoms with E-state index in [9.17, 15) is 4.79 Å². The number of hydrogen-bond donors (Lipinski definition) is 3. The molecule has 0 radical (unpaired) electrons. The van der Waals surface area contributed by atoms with E-state index in [0.29, 0.717) is 11.4 Å². The first-order chi connectivity index (χ1) is 14.0. The molecule has 3 heterocycles. The summed E-state index contributed by atoms with van der Waals surface area (Å²) >= 11 is 0. The number of aromatic nitrogens is 6. The van der Waals surface area contributed by atoms with Crippen LogP contribution in [0.25, 0.3) is 44.2 Å². The van der Waals surface area contributed by atoms with E-state index in [1.165, 1.54) is 0 Å². The molecule has 0 aliphatic rings. The Balaban J connectivity index is 1.77. The Hall–Kier alpha value is -3.94. The van der Waals surface area contributed by atoms with Gasteiger partial charge < -0.3 is 5.73 Å². The van der Waals surface area contributed by atoms with Gasteiger partial charge in [0.2, 0.25) is 0 Å². The first-order valence-corrected chi connectivity index (χ1v) is 9.32. The van der Waals surface area contributed by atoms with E-state index in [-0.39, 0.29) is 6.04 Å². The molecule has 0 saturated carbocycles. The highest BCUT2D eigenvalue weighted by Gasteiger charge is 2.19. The molecule has 0 saturated heterocycles. The predicted octanol–water partition coefficient (Wildman–Crippen LogP) is 3.65. The van der Waals surface area contributed by atoms with Crippen molar-refractivity contribution in [2.75, 3.05) is 0 Å². The van der Waals surface area contributed by atoms with Gasteiger partial charge in [0.05, 0.1) is 29.1 Å². The number of rotatable bonds is 4. The number of hydrogen-bond acceptors (Lipinski definition) is 4. The Bertz CT molecular complexity index is 1370. The lowest BCUT2D eigenvalue weighted by Gasteiger charge is -2.09. The minimum atomic E-state index is -0.500. The number of fused-ring (bicyclic) bond motifs is 2. The molecule has 1 amide bonds. The summed E-state index contributed by atoms with van der Waals surface area (Å²) in [6.07, 6.45) is 3.59. The second kappa shape index (κ2) is 6.30. The van der Waals surface area contributed by atoms with Crippen molar-refractivity contribution < 1.29 is 4.79 Å². The molecule has 0 aliphatic heterocycles. The first kappa shape index (κ1) is 17.2. The van der Waals surface area contributed by atoms with Crippen LogP contribution in [-0.2, 0) is 0 Å². The van der Waals surface area contributed by atoms with Gasteiger partial charge in [0.15, 0.2) is 0 Å². The highest BCUT2D eigenvalue weighted by atomic mass is 16.1. The van der Waals surface area contributed by atoms with Crippen molar-refractivity contribution >= 4 is 27.7 Å². The van der Waals surface area contributed by atoms with Crippen molar-refractivity contribution in [3.05, 3.63) is 54.5 Å². The van der Waals surface area contributed by atoms with Crippen molar-refractivity contribution in [3.63, 3.8) is 0 Å². The van der Waals surface area contributed by atoms with Gasteiger partial charge in [-0.25, -0.2) is 0 Å². The van der Waals surface area contributed by atoms with E-state index in [2.05, 4.69) is 43.7 Å². The summed E-state index contributed by atoms with van der Waals surface area (Å²) < 4.78 is 1.66. The smallest absolute Gasteiger partial charge is 0.267 e. The number of amides is 1. The molecule has 0 atom stereocenters. The Labute approximate surface area is 165 Å². The standard InChI is InChI=1S/C21H19N7O/c1-11(2)28-20(21(22)29)8-19(27-28)14-6-12(7-18-16(14)10-24-26-18)13-4-3-5-17-15(13)9-23-25-17/h3-11H,1-2H3,(H2,22,29)(H,23,25)(H,24,26). The third kappa shape index (κ3) is 2.68. The van der Waals surface area contributed by atoms with E-state index in [1.807, 2.05) is 32.2 Å². The van der Waals surface area contributed by atoms with Crippen molar-refractivity contribution in [3.8, 4) is 22.4 Å². The number of nitrogens with zero attached hydrogens (tertiary/aromatic N) is 4. The molecule has 5 rings (SSSR count). The number of benzene rings is 2. The summed E-state index contributed by atoms with van der Waals surface area (Å²) in [6.45, 7) is 3.93. The lowest BCUT2D eigenvalue weighted by Crippen LogP contribution is -2.18. The van der Waals surface area contributed by atoms with Crippen LogP contribution in [0.3, 0.4) is 0 Å². The van der Waals surface area contributed by atoms with Gasteiger partial charge in [0, 0.05) is 22.4 Å². The Morgan fingerprint density at radius 3 is 2.41 bits per heavy atom. The predicted molar refractivity (Wildman–Crippen MR) is 111 cm³/mol. The van der Waals surface area contributed by atoms with Gasteiger partial charge in [-0.15, -0.1) is 0 Å². The van der Waals surface area contributed by atoms with Gasteiger partial charge in [0.1, 0.15) is 5.69 Å². The molecule has 8 nitrogen and oxygen atoms in total. The first-order valence-electron chi connectivity index (χ1n) is 9.32. The second-order valence-electron chi connectivity index (χ2n) is 7.31. The molecule has 0 bridgehead atoms. The van der Waals surface area contributed by atoms with Gasteiger partial charge in [0.25, 0.3) is 5.91 Å². The molecule has 8 heteroatoms. The zero-order chi connectivity index (χ0) is 20.1. The molecular formula is C21H19N7O. The highest BCUT2D eigenvalue weighted by molar-refractivity contribution is 6.02. The fourth-order valence-electron chi connectivity index (χ4n) is 3.74. The van der Waals surface area contributed by atoms with Gasteiger partial charge >= 0.3 is 0 Å². The lowest BCUT2D eigenvalue weighted by molar-refractivity contribution is 0.0988. The van der Waals surface area contributed by atoms with Crippen LogP contribution in [0, 0.1) is 0 Å². The van der Waals surface area contributed by atoms with Crippen molar-refractivity contribution in [2.24, 2.45) is 5.73 Å². The summed E-state index contributed by atoms with van der Waals surface area (Å²) in [7, 11) is 0. The summed E-state index contributed by atoms with van der Waals surface area (Å²) in [5, 5.41) is 21.1. The van der Waals surface area contributed by atoms with Crippen LogP contribution in [0.15, 0.2) is 48.8 Å². The van der Waals surface area contributed by atoms with E-state index in [1.54, 1.807) is 16.9 Å². The fraction of sp³-hybridized carbons (Fsp3) is 0.143. The number of primary amides is 1. The van der Waals surface area contributed by atoms with E-state index in [4.69, 9.17) is 5.73 Å². The summed E-state index contributed by atoms with van der Waals surface area (Å²) in [5.74, 6) is -0.500. The monoisotopic (exact) mass is 385 g/mol. The average Bonchev–Trinajstić information content (AvgIpc) is 3.44. The van der Waals surface area contributed by atoms with Gasteiger partial charge in [-0.3, -0.25) is 19.7 Å². The minimum absolute atomic E-state index is 0.00829. The van der Waals surface area contributed by atoms with E-state index < -0.39 is 5.91 Å². The molecule has 0 unspecified atom stereocenters. The molecule has 2 aromatic carbocycles. The van der Waals surface area contributed by atoms with E-state index >= 15 is 0 Å². The maximum Gasteiger partial charge on any atom is 0.267 e. The third-order valence-corrected chi connectivity index (χ3v) is 5.11. The summed E-state index contributed by atoms with van der Waals surface area (Å²) in [5.41, 5.74) is 11.4. The molecule has 3 aromatic heterocycles. The van der Waals surface area contributed by atoms with Crippen LogP contribution in [0.5, 0.6) is 0 Å². The van der Waals surface area contributed by atoms with Crippen LogP contribution in [0.1, 0.15) is 30.4 Å². The molecule has 0 fully saturated rings. The zero-order valence-corrected chi connectivity index (χ0v) is 16.0. The number of carbonyl (C=O) groups is 1. The van der Waals surface area contributed by atoms with Crippen LogP contribution in [0.2, 0.25) is 0 Å². The van der Waals surface area contributed by atoms with Crippen LogP contribution in [0.4, 0.5) is 0 Å². The highest BCUT2D eigenvalue weighted by Crippen LogP contribution is 2.35. The van der Waals surface area contributed by atoms with Crippen molar-refractivity contribution in [2.45, 2.75) is 19.9 Å². The van der Waals surface area contributed by atoms with Crippen LogP contribution < -0.4 is 5.73 Å². The number of H-pyrrole nitrogens is 2. The number of aromatic amines is 2. The molecule has 4 N–H and O–H groups in total. The maximum absolute atomic E-state index is 11.9. The Kier molecular flexibility index (Phi) is 3.73. The summed E-state index contributed by atoms with van der Waals surface area (Å²) in [6, 6.07) is 11.9. The largest absolute Gasteiger partial charge is 0.364 e. The number of nitrogens with one attached hydrogen (secondary N) is 2. The van der Waals surface area contributed by atoms with Crippen LogP contribution >= 0.6 is 0 Å². The minimum Gasteiger partial charge on any atom is -0.364 e. The zero-order valence-electron chi connectivity index (χ0n) is 16.0.